The molecule has 38 heteroatoms. The maximum absolute atomic E-state index is 13.6. The number of benzene rings is 3. The van der Waals surface area contributed by atoms with Gasteiger partial charge in [-0.1, -0.05) is 26.8 Å². The van der Waals surface area contributed by atoms with Crippen molar-refractivity contribution in [3.05, 3.63) is 235 Å². The molecule has 0 radical (unpaired) electrons. The number of nitrogens with zero attached hydrogens (tertiary/aromatic N) is 15. The Morgan fingerprint density at radius 3 is 1.21 bits per heavy atom. The molecule has 9 aromatic rings. The Hall–Kier alpha value is -12.8. The molecule has 3 saturated carbocycles. The molecule has 2 atom stereocenters. The van der Waals surface area contributed by atoms with Gasteiger partial charge in [-0.15, -0.1) is 0 Å². The Bertz CT molecular complexity index is 5880. The lowest BCUT2D eigenvalue weighted by Gasteiger charge is -2.24. The molecular formula is C83H89F5N18O15. The lowest BCUT2D eigenvalue weighted by molar-refractivity contribution is -0.137. The van der Waals surface area contributed by atoms with Crippen LogP contribution < -0.4 is 69.1 Å². The summed E-state index contributed by atoms with van der Waals surface area (Å²) < 4.78 is 85.4. The summed E-state index contributed by atoms with van der Waals surface area (Å²) in [4.78, 5) is 149. The molecule has 3 aliphatic heterocycles. The quantitative estimate of drug-likeness (QED) is 0.0224. The fourth-order valence-electron chi connectivity index (χ4n) is 14.1. The zero-order valence-electron chi connectivity index (χ0n) is 66.7. The van der Waals surface area contributed by atoms with Gasteiger partial charge in [0, 0.05) is 123 Å². The zero-order chi connectivity index (χ0) is 86.3. The molecule has 33 nitrogen and oxygen atoms in total. The summed E-state index contributed by atoms with van der Waals surface area (Å²) in [5.41, 5.74) is 2.61. The molecule has 3 aromatic carbocycles. The Balaban J connectivity index is 0.000000157. The van der Waals surface area contributed by atoms with Gasteiger partial charge in [-0.25, -0.2) is 67.5 Å². The average molecular weight is 1670 g/mol. The van der Waals surface area contributed by atoms with Gasteiger partial charge in [-0.05, 0) is 149 Å². The molecule has 3 fully saturated rings. The third kappa shape index (κ3) is 19.3. The predicted molar refractivity (Wildman–Crippen MR) is 441 cm³/mol. The summed E-state index contributed by atoms with van der Waals surface area (Å²) in [6.07, 6.45) is 4.97. The Morgan fingerprint density at radius 1 is 0.496 bits per heavy atom. The summed E-state index contributed by atoms with van der Waals surface area (Å²) in [6.45, 7) is 5.78. The normalized spacial score (nSPS) is 14.8. The molecule has 6 aliphatic rings. The number of aliphatic hydroxyl groups excluding tert-OH is 4. The van der Waals surface area contributed by atoms with Gasteiger partial charge in [0.1, 0.15) is 40.7 Å². The second kappa shape index (κ2) is 37.2. The fraction of sp³-hybridized carbons (Fsp3) is 0.386. The van der Waals surface area contributed by atoms with Gasteiger partial charge < -0.3 is 45.9 Å². The minimum absolute atomic E-state index is 0.00875. The van der Waals surface area contributed by atoms with E-state index in [-0.39, 0.29) is 100 Å². The lowest BCUT2D eigenvalue weighted by Crippen LogP contribution is -2.42. The second-order valence-corrected chi connectivity index (χ2v) is 29.6. The first-order valence-corrected chi connectivity index (χ1v) is 39.5. The van der Waals surface area contributed by atoms with E-state index in [0.29, 0.717) is 132 Å². The topological polar surface area (TPSA) is 404 Å². The maximum Gasteiger partial charge on any atom is 0.416 e. The fourth-order valence-corrected chi connectivity index (χ4v) is 14.1. The molecule has 7 N–H and O–H groups in total. The van der Waals surface area contributed by atoms with Crippen molar-refractivity contribution in [3.8, 4) is 5.75 Å². The number of alkyl halides is 3. The van der Waals surface area contributed by atoms with Crippen molar-refractivity contribution in [2.75, 3.05) is 84.3 Å². The maximum atomic E-state index is 13.6. The van der Waals surface area contributed by atoms with Crippen LogP contribution in [0.3, 0.4) is 0 Å². The SMILES string of the molecule is CCCn1c2c(c(=O)n(C3CC3)c1=O)CC(c1ccc(N(CC(O)CO)C(=O)Nc3ccc(F)c(F)c3)nc1)=N2.CCCn1c2c(c(=O)n(C3CC3)c1=O)CC(c1ccc(N(CC(O)CO)C(=O)Nc3cccc(C(F)(F)F)c3)nc1)=N2.CCCn1c2c(c(=O)n(C3CC3)c1=O)CC(c1ccc(N(CCOC)C(=O)Nc3ccc(OC)cc3)nc1)=N2. The van der Waals surface area contributed by atoms with Crippen LogP contribution in [0.1, 0.15) is 136 Å². The smallest absolute Gasteiger partial charge is 0.416 e. The zero-order valence-corrected chi connectivity index (χ0v) is 66.7. The van der Waals surface area contributed by atoms with Crippen LogP contribution in [0.25, 0.3) is 0 Å². The molecule has 0 bridgehead atoms. The number of fused-ring (bicyclic) bond motifs is 3. The standard InChI is InChI=1S/C28H29F3N6O5.C28H32N6O5.C27H28F2N6O5/c1-2-10-35-24-21(25(40)37(27(35)42)19-7-8-19)12-22(34-24)16-6-9-23(32-13-16)36(14-20(39)15-38)26(41)33-18-5-3-4-17(11-18)28(29,30)31;1-4-13-33-25-22(26(35)34(28(33)37)20-8-9-20)16-23(31-25)18-5-12-24(29-17-18)32(14-15-38-2)27(36)30-19-6-10-21(39-3)11-7-19;1-2-9-33-24-19(25(38)35(27(33)40)17-5-6-17)11-22(32-24)15-3-8-23(30-12-15)34(13-18(37)14-36)26(39)31-16-4-7-20(28)21(29)10-16/h3-6,9,11,13,19-20,38-39H,2,7-8,10,12,14-15H2,1H3,(H,33,41);5-7,10-12,17,20H,4,8-9,13-16H2,1-3H3,(H,30,36);3-4,7-8,10,12,17-18,36-37H,2,5-6,9,11,13-14H2,1H3,(H,31,39). The number of carbonyl (C=O) groups excluding carboxylic acids is 3. The number of nitrogens with one attached hydrogen (secondary N) is 3. The van der Waals surface area contributed by atoms with Crippen molar-refractivity contribution in [2.24, 2.45) is 15.0 Å². The number of methoxy groups -OCH3 is 2. The first kappa shape index (κ1) is 86.1. The molecule has 121 heavy (non-hydrogen) atoms. The first-order valence-electron chi connectivity index (χ1n) is 39.5. The van der Waals surface area contributed by atoms with Crippen LogP contribution in [0.5, 0.6) is 5.75 Å². The summed E-state index contributed by atoms with van der Waals surface area (Å²) in [5.74, 6) is 0.198. The number of urea groups is 3. The highest BCUT2D eigenvalue weighted by molar-refractivity contribution is 6.09. The Morgan fingerprint density at radius 2 is 0.868 bits per heavy atom. The number of rotatable bonds is 28. The van der Waals surface area contributed by atoms with Crippen LogP contribution in [0.4, 0.5) is 88.3 Å². The van der Waals surface area contributed by atoms with Crippen LogP contribution in [-0.2, 0) is 49.8 Å². The van der Waals surface area contributed by atoms with Gasteiger partial charge in [0.15, 0.2) is 11.6 Å². The van der Waals surface area contributed by atoms with Crippen LogP contribution in [0, 0.1) is 11.6 Å². The minimum Gasteiger partial charge on any atom is -0.497 e. The van der Waals surface area contributed by atoms with E-state index >= 15 is 0 Å². The molecular weight excluding hydrogens is 1580 g/mol. The number of anilines is 6. The van der Waals surface area contributed by atoms with E-state index in [1.165, 1.54) is 59.8 Å². The van der Waals surface area contributed by atoms with Crippen LogP contribution in [0.2, 0.25) is 0 Å². The molecule has 9 heterocycles. The number of aromatic nitrogens is 9. The molecule has 2 unspecified atom stereocenters. The largest absolute Gasteiger partial charge is 0.497 e. The van der Waals surface area contributed by atoms with Gasteiger partial charge >= 0.3 is 41.3 Å². The third-order valence-electron chi connectivity index (χ3n) is 20.6. The number of aliphatic hydroxyl groups is 4. The van der Waals surface area contributed by atoms with Crippen molar-refractivity contribution < 1.29 is 66.2 Å². The van der Waals surface area contributed by atoms with E-state index in [1.54, 1.807) is 72.0 Å². The van der Waals surface area contributed by atoms with Crippen molar-refractivity contribution in [3.63, 3.8) is 0 Å². The third-order valence-corrected chi connectivity index (χ3v) is 20.6. The summed E-state index contributed by atoms with van der Waals surface area (Å²) >= 11 is 0. The van der Waals surface area contributed by atoms with Crippen molar-refractivity contribution in [1.82, 2.24) is 42.4 Å². The van der Waals surface area contributed by atoms with Crippen molar-refractivity contribution in [1.29, 1.82) is 0 Å². The highest BCUT2D eigenvalue weighted by Gasteiger charge is 2.38. The van der Waals surface area contributed by atoms with Gasteiger partial charge in [0.2, 0.25) is 0 Å². The predicted octanol–water partition coefficient (Wildman–Crippen LogP) is 9.25. The highest BCUT2D eigenvalue weighted by atomic mass is 19.4. The molecule has 3 aliphatic carbocycles. The van der Waals surface area contributed by atoms with E-state index in [2.05, 4.69) is 40.9 Å². The van der Waals surface area contributed by atoms with Gasteiger partial charge in [-0.3, -0.25) is 56.5 Å². The van der Waals surface area contributed by atoms with Crippen LogP contribution in [-0.4, -0.2) is 164 Å². The van der Waals surface area contributed by atoms with E-state index in [1.807, 2.05) is 26.8 Å². The number of hydrogen-bond acceptors (Lipinski definition) is 21. The average Bonchev–Trinajstić information content (AvgIpc) is 1.61. The molecule has 0 spiro atoms. The van der Waals surface area contributed by atoms with Crippen LogP contribution in [0.15, 0.2) is 165 Å². The van der Waals surface area contributed by atoms with Crippen LogP contribution >= 0.6 is 0 Å². The number of hydrogen-bond donors (Lipinski definition) is 7. The summed E-state index contributed by atoms with van der Waals surface area (Å²) in [5, 5.41) is 46.4. The van der Waals surface area contributed by atoms with E-state index in [0.717, 1.165) is 90.6 Å². The Labute approximate surface area is 686 Å². The summed E-state index contributed by atoms with van der Waals surface area (Å²) in [6, 6.07) is 21.6. The Kier molecular flexibility index (Phi) is 26.5. The van der Waals surface area contributed by atoms with Gasteiger partial charge in [0.25, 0.3) is 16.7 Å². The van der Waals surface area contributed by atoms with Crippen molar-refractivity contribution in [2.45, 2.75) is 154 Å². The molecule has 6 amide bonds. The number of pyridine rings is 3. The first-order chi connectivity index (χ1) is 58.2. The van der Waals surface area contributed by atoms with E-state index in [9.17, 15) is 85.5 Å². The minimum atomic E-state index is -4.61. The highest BCUT2D eigenvalue weighted by Crippen LogP contribution is 2.38. The molecule has 636 valence electrons. The molecule has 15 rings (SSSR count). The number of carbonyl (C=O) groups is 3. The number of aliphatic imine (C=N–C) groups is 3. The van der Waals surface area contributed by atoms with Crippen molar-refractivity contribution >= 4 is 87.2 Å². The van der Waals surface area contributed by atoms with E-state index in [4.69, 9.17) is 14.5 Å². The number of amides is 6. The summed E-state index contributed by atoms with van der Waals surface area (Å²) in [7, 11) is 3.15. The van der Waals surface area contributed by atoms with E-state index < -0.39 is 67.4 Å². The molecule has 0 saturated heterocycles. The monoisotopic (exact) mass is 1670 g/mol. The second-order valence-electron chi connectivity index (χ2n) is 29.6. The van der Waals surface area contributed by atoms with Gasteiger partial charge in [-0.2, -0.15) is 13.2 Å². The lowest BCUT2D eigenvalue weighted by atomic mass is 10.1. The van der Waals surface area contributed by atoms with Gasteiger partial charge in [0.05, 0.1) is 98.2 Å². The number of halogens is 5. The number of ether oxygens (including phenoxy) is 2. The molecule has 6 aromatic heterocycles.